The third-order valence-corrected chi connectivity index (χ3v) is 3.59. The Morgan fingerprint density at radius 3 is 2.74 bits per heavy atom. The molecule has 0 fully saturated rings. The summed E-state index contributed by atoms with van der Waals surface area (Å²) in [7, 11) is 0. The molecule has 1 aliphatic rings. The van der Waals surface area contributed by atoms with Gasteiger partial charge in [0.05, 0.1) is 23.9 Å². The van der Waals surface area contributed by atoms with Gasteiger partial charge >= 0.3 is 0 Å². The maximum Gasteiger partial charge on any atom is 0.143 e. The quantitative estimate of drug-likeness (QED) is 0.869. The number of rotatable bonds is 1. The van der Waals surface area contributed by atoms with E-state index < -0.39 is 0 Å². The van der Waals surface area contributed by atoms with Gasteiger partial charge in [-0.2, -0.15) is 5.26 Å². The highest BCUT2D eigenvalue weighted by Gasteiger charge is 2.20. The molecule has 0 amide bonds. The lowest BCUT2D eigenvalue weighted by Gasteiger charge is -2.27. The Bertz CT molecular complexity index is 646. The van der Waals surface area contributed by atoms with Gasteiger partial charge in [0.15, 0.2) is 0 Å². The van der Waals surface area contributed by atoms with Crippen LogP contribution in [-0.4, -0.2) is 6.54 Å². The molecule has 4 heteroatoms. The third kappa shape index (κ3) is 2.42. The summed E-state index contributed by atoms with van der Waals surface area (Å²) in [6, 6.07) is 15.5. The maximum atomic E-state index is 8.80. The van der Waals surface area contributed by atoms with E-state index in [0.29, 0.717) is 5.56 Å². The fourth-order valence-electron chi connectivity index (χ4n) is 2.10. The van der Waals surface area contributed by atoms with Crippen LogP contribution in [0.1, 0.15) is 17.2 Å². The fourth-order valence-corrected chi connectivity index (χ4v) is 2.46. The summed E-state index contributed by atoms with van der Waals surface area (Å²) in [5.74, 6) is 0.851. The number of ether oxygens (including phenoxy) is 1. The van der Waals surface area contributed by atoms with Crippen molar-refractivity contribution in [2.24, 2.45) is 0 Å². The predicted octanol–water partition coefficient (Wildman–Crippen LogP) is 3.87. The second-order valence-corrected chi connectivity index (χ2v) is 5.28. The van der Waals surface area contributed by atoms with Gasteiger partial charge in [-0.15, -0.1) is 0 Å². The molecule has 0 saturated heterocycles. The fraction of sp³-hybridized carbons (Fsp3) is 0.133. The van der Waals surface area contributed by atoms with Gasteiger partial charge in [-0.1, -0.05) is 28.1 Å². The Kier molecular flexibility index (Phi) is 3.14. The molecule has 2 aromatic rings. The van der Waals surface area contributed by atoms with Crippen LogP contribution in [0.25, 0.3) is 0 Å². The van der Waals surface area contributed by atoms with E-state index in [0.717, 1.165) is 28.0 Å². The number of nitriles is 1. The van der Waals surface area contributed by atoms with E-state index in [4.69, 9.17) is 10.00 Å². The largest absolute Gasteiger partial charge is 0.482 e. The van der Waals surface area contributed by atoms with Crippen molar-refractivity contribution in [3.63, 3.8) is 0 Å². The molecule has 1 unspecified atom stereocenters. The van der Waals surface area contributed by atoms with Crippen molar-refractivity contribution >= 4 is 21.6 Å². The van der Waals surface area contributed by atoms with Crippen molar-refractivity contribution in [2.45, 2.75) is 6.10 Å². The number of nitrogens with one attached hydrogen (secondary N) is 1. The van der Waals surface area contributed by atoms with E-state index >= 15 is 0 Å². The van der Waals surface area contributed by atoms with Crippen LogP contribution in [0.2, 0.25) is 0 Å². The Morgan fingerprint density at radius 1 is 1.21 bits per heavy atom. The lowest BCUT2D eigenvalue weighted by atomic mass is 10.1. The average molecular weight is 315 g/mol. The van der Waals surface area contributed by atoms with Crippen molar-refractivity contribution in [3.8, 4) is 11.8 Å². The zero-order valence-corrected chi connectivity index (χ0v) is 11.6. The highest BCUT2D eigenvalue weighted by atomic mass is 79.9. The Labute approximate surface area is 120 Å². The van der Waals surface area contributed by atoms with Crippen LogP contribution in [0.15, 0.2) is 46.9 Å². The summed E-state index contributed by atoms with van der Waals surface area (Å²) in [6.45, 7) is 0.718. The molecule has 1 N–H and O–H groups in total. The lowest BCUT2D eigenvalue weighted by molar-refractivity contribution is 0.210. The van der Waals surface area contributed by atoms with E-state index in [-0.39, 0.29) is 6.10 Å². The Balaban J connectivity index is 1.85. The van der Waals surface area contributed by atoms with Gasteiger partial charge in [0.2, 0.25) is 0 Å². The zero-order chi connectivity index (χ0) is 13.2. The lowest BCUT2D eigenvalue weighted by Crippen LogP contribution is -2.23. The van der Waals surface area contributed by atoms with Crippen LogP contribution < -0.4 is 10.1 Å². The van der Waals surface area contributed by atoms with Gasteiger partial charge in [-0.3, -0.25) is 0 Å². The topological polar surface area (TPSA) is 45.0 Å². The normalized spacial score (nSPS) is 16.7. The minimum Gasteiger partial charge on any atom is -0.482 e. The molecule has 0 spiro atoms. The van der Waals surface area contributed by atoms with Crippen LogP contribution in [-0.2, 0) is 0 Å². The van der Waals surface area contributed by atoms with Crippen LogP contribution in [0.4, 0.5) is 5.69 Å². The molecule has 0 saturated carbocycles. The summed E-state index contributed by atoms with van der Waals surface area (Å²) in [5, 5.41) is 12.2. The summed E-state index contributed by atoms with van der Waals surface area (Å²) in [6.07, 6.45) is -0.0265. The second kappa shape index (κ2) is 4.94. The molecule has 19 heavy (non-hydrogen) atoms. The van der Waals surface area contributed by atoms with Crippen molar-refractivity contribution in [2.75, 3.05) is 11.9 Å². The van der Waals surface area contributed by atoms with Crippen LogP contribution in [0.3, 0.4) is 0 Å². The van der Waals surface area contributed by atoms with Gasteiger partial charge in [0, 0.05) is 4.47 Å². The molecule has 0 radical (unpaired) electrons. The first-order chi connectivity index (χ1) is 9.26. The zero-order valence-electron chi connectivity index (χ0n) is 10.1. The van der Waals surface area contributed by atoms with Gasteiger partial charge in [0.25, 0.3) is 0 Å². The molecular weight excluding hydrogens is 304 g/mol. The minimum atomic E-state index is -0.0265. The molecule has 3 nitrogen and oxygen atoms in total. The highest BCUT2D eigenvalue weighted by Crippen LogP contribution is 2.35. The van der Waals surface area contributed by atoms with Gasteiger partial charge in [0.1, 0.15) is 11.9 Å². The molecule has 1 heterocycles. The maximum absolute atomic E-state index is 8.80. The number of hydrogen-bond acceptors (Lipinski definition) is 3. The van der Waals surface area contributed by atoms with Gasteiger partial charge in [-0.05, 0) is 35.9 Å². The summed E-state index contributed by atoms with van der Waals surface area (Å²) < 4.78 is 7.01. The Morgan fingerprint density at radius 2 is 2.00 bits per heavy atom. The third-order valence-electron chi connectivity index (χ3n) is 3.10. The van der Waals surface area contributed by atoms with Crippen LogP contribution in [0.5, 0.6) is 5.75 Å². The molecule has 0 bridgehead atoms. The van der Waals surface area contributed by atoms with E-state index in [1.165, 1.54) is 0 Å². The first-order valence-electron chi connectivity index (χ1n) is 5.96. The minimum absolute atomic E-state index is 0.0265. The van der Waals surface area contributed by atoms with E-state index in [1.54, 1.807) is 0 Å². The Hall–Kier alpha value is -1.99. The summed E-state index contributed by atoms with van der Waals surface area (Å²) in [5.41, 5.74) is 2.73. The number of anilines is 1. The number of benzene rings is 2. The van der Waals surface area contributed by atoms with Crippen LogP contribution >= 0.6 is 15.9 Å². The molecular formula is C15H11BrN2O. The first-order valence-corrected chi connectivity index (χ1v) is 6.76. The molecule has 3 rings (SSSR count). The monoisotopic (exact) mass is 314 g/mol. The molecule has 0 aliphatic carbocycles. The SMILES string of the molecule is N#Cc1ccc(C2CNc3cc(Br)ccc3O2)cc1. The van der Waals surface area contributed by atoms with E-state index in [1.807, 2.05) is 42.5 Å². The van der Waals surface area contributed by atoms with Crippen molar-refractivity contribution in [1.29, 1.82) is 5.26 Å². The number of halogens is 1. The number of hydrogen-bond donors (Lipinski definition) is 1. The van der Waals surface area contributed by atoms with Gasteiger partial charge < -0.3 is 10.1 Å². The summed E-state index contributed by atoms with van der Waals surface area (Å²) in [4.78, 5) is 0. The van der Waals surface area contributed by atoms with Crippen molar-refractivity contribution in [1.82, 2.24) is 0 Å². The van der Waals surface area contributed by atoms with E-state index in [2.05, 4.69) is 27.3 Å². The predicted molar refractivity (Wildman–Crippen MR) is 77.2 cm³/mol. The van der Waals surface area contributed by atoms with Crippen molar-refractivity contribution < 1.29 is 4.74 Å². The smallest absolute Gasteiger partial charge is 0.143 e. The van der Waals surface area contributed by atoms with Crippen molar-refractivity contribution in [3.05, 3.63) is 58.1 Å². The molecule has 0 aromatic heterocycles. The summed E-state index contributed by atoms with van der Waals surface area (Å²) >= 11 is 3.44. The molecule has 94 valence electrons. The van der Waals surface area contributed by atoms with E-state index in [9.17, 15) is 0 Å². The number of fused-ring (bicyclic) bond motifs is 1. The number of nitrogens with zero attached hydrogens (tertiary/aromatic N) is 1. The molecule has 1 aliphatic heterocycles. The molecule has 1 atom stereocenters. The average Bonchev–Trinajstić information content (AvgIpc) is 2.47. The molecule has 2 aromatic carbocycles. The highest BCUT2D eigenvalue weighted by molar-refractivity contribution is 9.10. The van der Waals surface area contributed by atoms with Gasteiger partial charge in [-0.25, -0.2) is 0 Å². The van der Waals surface area contributed by atoms with Crippen LogP contribution in [0, 0.1) is 11.3 Å². The standard InChI is InChI=1S/C15H11BrN2O/c16-12-5-6-14-13(7-12)18-9-15(19-14)11-3-1-10(8-17)2-4-11/h1-7,15,18H,9H2. The first kappa shape index (κ1) is 12.1. The second-order valence-electron chi connectivity index (χ2n) is 4.36.